The van der Waals surface area contributed by atoms with Crippen LogP contribution in [0.25, 0.3) is 0 Å². The van der Waals surface area contributed by atoms with Crippen molar-refractivity contribution < 1.29 is 0 Å². The normalized spacial score (nSPS) is 24.0. The molecule has 0 amide bonds. The maximum atomic E-state index is 1.53. The summed E-state index contributed by atoms with van der Waals surface area (Å²) in [4.78, 5) is 0. The summed E-state index contributed by atoms with van der Waals surface area (Å²) >= 11 is 0. The van der Waals surface area contributed by atoms with E-state index in [0.29, 0.717) is 0 Å². The molecular formula is C3H6Si. The standard InChI is InChI=1S/C3H6Si/c1-2-4-3-1/h1-3H2. The van der Waals surface area contributed by atoms with E-state index < -0.39 is 0 Å². The van der Waals surface area contributed by atoms with Gasteiger partial charge in [0.1, 0.15) is 0 Å². The lowest BCUT2D eigenvalue weighted by atomic mass is 10.5. The lowest BCUT2D eigenvalue weighted by Gasteiger charge is -2.04. The van der Waals surface area contributed by atoms with Crippen molar-refractivity contribution in [1.29, 1.82) is 0 Å². The predicted molar refractivity (Wildman–Crippen MR) is 20.0 cm³/mol. The van der Waals surface area contributed by atoms with Gasteiger partial charge in [-0.05, 0) is 0 Å². The number of rotatable bonds is 0. The second-order valence-electron chi connectivity index (χ2n) is 1.10. The average Bonchev–Trinajstić information content (AvgIpc) is 0.722. The van der Waals surface area contributed by atoms with Gasteiger partial charge >= 0.3 is 0 Å². The predicted octanol–water partition coefficient (Wildman–Crippen LogP) is 0.931. The highest BCUT2D eigenvalue weighted by molar-refractivity contribution is 6.38. The topological polar surface area (TPSA) is 0 Å². The molecule has 0 N–H and O–H groups in total. The monoisotopic (exact) mass is 70.0 g/mol. The fourth-order valence-electron chi connectivity index (χ4n) is 0.177. The van der Waals surface area contributed by atoms with Crippen molar-refractivity contribution in [2.24, 2.45) is 0 Å². The fraction of sp³-hybridized carbons (Fsp3) is 1.00. The summed E-state index contributed by atoms with van der Waals surface area (Å²) in [6.45, 7) is 0. The first-order valence-corrected chi connectivity index (χ1v) is 3.12. The molecule has 1 heteroatoms. The molecule has 1 heterocycles. The molecule has 0 aromatic heterocycles. The van der Waals surface area contributed by atoms with Crippen molar-refractivity contribution in [2.45, 2.75) is 18.5 Å². The van der Waals surface area contributed by atoms with Crippen LogP contribution in [-0.4, -0.2) is 9.52 Å². The quantitative estimate of drug-likeness (QED) is 0.372. The summed E-state index contributed by atoms with van der Waals surface area (Å²) in [5, 5.41) is 0. The number of hydrogen-bond acceptors (Lipinski definition) is 0. The van der Waals surface area contributed by atoms with Gasteiger partial charge in [-0.15, -0.1) is 0 Å². The molecule has 0 aliphatic carbocycles. The van der Waals surface area contributed by atoms with Gasteiger partial charge in [-0.1, -0.05) is 18.5 Å². The molecule has 0 aromatic carbocycles. The van der Waals surface area contributed by atoms with Crippen LogP contribution >= 0.6 is 0 Å². The van der Waals surface area contributed by atoms with Gasteiger partial charge in [0.05, 0.1) is 0 Å². The molecule has 0 bridgehead atoms. The minimum Gasteiger partial charge on any atom is -0.0615 e. The Morgan fingerprint density at radius 2 is 1.50 bits per heavy atom. The van der Waals surface area contributed by atoms with Crippen molar-refractivity contribution in [3.05, 3.63) is 0 Å². The van der Waals surface area contributed by atoms with Gasteiger partial charge in [-0.25, -0.2) is 0 Å². The summed E-state index contributed by atoms with van der Waals surface area (Å²) in [7, 11) is 1.32. The molecule has 4 heavy (non-hydrogen) atoms. The Morgan fingerprint density at radius 3 is 1.50 bits per heavy atom. The van der Waals surface area contributed by atoms with E-state index in [2.05, 4.69) is 0 Å². The van der Waals surface area contributed by atoms with E-state index in [1.807, 2.05) is 0 Å². The molecule has 0 spiro atoms. The van der Waals surface area contributed by atoms with E-state index in [1.54, 1.807) is 0 Å². The third-order valence-electron chi connectivity index (χ3n) is 0.707. The minimum atomic E-state index is 1.32. The van der Waals surface area contributed by atoms with Crippen LogP contribution in [0.1, 0.15) is 6.42 Å². The maximum absolute atomic E-state index is 1.53. The summed E-state index contributed by atoms with van der Waals surface area (Å²) in [5.74, 6) is 0. The van der Waals surface area contributed by atoms with Crippen molar-refractivity contribution in [3.63, 3.8) is 0 Å². The molecule has 2 radical (unpaired) electrons. The van der Waals surface area contributed by atoms with Crippen LogP contribution in [0, 0.1) is 0 Å². The Hall–Kier alpha value is 0.217. The van der Waals surface area contributed by atoms with Gasteiger partial charge in [0, 0.05) is 9.52 Å². The second kappa shape index (κ2) is 0.889. The van der Waals surface area contributed by atoms with Gasteiger partial charge in [-0.3, -0.25) is 0 Å². The van der Waals surface area contributed by atoms with E-state index in [1.165, 1.54) is 28.0 Å². The molecule has 0 nitrogen and oxygen atoms in total. The Bertz CT molecular complexity index is 11.2. The van der Waals surface area contributed by atoms with Crippen molar-refractivity contribution in [2.75, 3.05) is 0 Å². The Morgan fingerprint density at radius 1 is 1.25 bits per heavy atom. The van der Waals surface area contributed by atoms with Crippen LogP contribution in [0.15, 0.2) is 0 Å². The highest BCUT2D eigenvalue weighted by Gasteiger charge is 1.97. The largest absolute Gasteiger partial charge is 0.0615 e. The molecule has 1 saturated heterocycles. The van der Waals surface area contributed by atoms with Crippen molar-refractivity contribution in [3.8, 4) is 0 Å². The first-order valence-electron chi connectivity index (χ1n) is 1.71. The van der Waals surface area contributed by atoms with Gasteiger partial charge in [0.25, 0.3) is 0 Å². The Labute approximate surface area is 29.0 Å². The first kappa shape index (κ1) is 2.45. The molecule has 22 valence electrons. The van der Waals surface area contributed by atoms with E-state index in [4.69, 9.17) is 0 Å². The summed E-state index contributed by atoms with van der Waals surface area (Å²) < 4.78 is 0. The van der Waals surface area contributed by atoms with Crippen molar-refractivity contribution >= 4 is 9.52 Å². The lowest BCUT2D eigenvalue weighted by Crippen LogP contribution is -1.98. The SMILES string of the molecule is C1C[Si]C1. The van der Waals surface area contributed by atoms with Gasteiger partial charge in [0.2, 0.25) is 0 Å². The van der Waals surface area contributed by atoms with E-state index in [-0.39, 0.29) is 0 Å². The van der Waals surface area contributed by atoms with Gasteiger partial charge in [0.15, 0.2) is 0 Å². The fourth-order valence-corrected chi connectivity index (χ4v) is 0.530. The van der Waals surface area contributed by atoms with E-state index in [0.717, 1.165) is 0 Å². The molecule has 0 aromatic rings. The van der Waals surface area contributed by atoms with E-state index in [9.17, 15) is 0 Å². The average molecular weight is 70.2 g/mol. The summed E-state index contributed by atoms with van der Waals surface area (Å²) in [6, 6.07) is 3.06. The van der Waals surface area contributed by atoms with E-state index >= 15 is 0 Å². The summed E-state index contributed by atoms with van der Waals surface area (Å²) in [5.41, 5.74) is 0. The highest BCUT2D eigenvalue weighted by Crippen LogP contribution is 2.07. The second-order valence-corrected chi connectivity index (χ2v) is 2.60. The maximum Gasteiger partial charge on any atom is 0.0377 e. The van der Waals surface area contributed by atoms with Crippen molar-refractivity contribution in [1.82, 2.24) is 0 Å². The third-order valence-corrected chi connectivity index (χ3v) is 2.12. The van der Waals surface area contributed by atoms with Crippen LogP contribution in [0.4, 0.5) is 0 Å². The molecule has 0 unspecified atom stereocenters. The van der Waals surface area contributed by atoms with Gasteiger partial charge in [-0.2, -0.15) is 0 Å². The van der Waals surface area contributed by atoms with Crippen LogP contribution in [0.5, 0.6) is 0 Å². The molecule has 0 atom stereocenters. The zero-order valence-corrected chi connectivity index (χ0v) is 3.62. The molecule has 1 aliphatic heterocycles. The first-order chi connectivity index (χ1) is 2.00. The highest BCUT2D eigenvalue weighted by atomic mass is 28.2. The molecule has 1 fully saturated rings. The lowest BCUT2D eigenvalue weighted by molar-refractivity contribution is 0.971. The summed E-state index contributed by atoms with van der Waals surface area (Å²) in [6.07, 6.45) is 1.51. The Balaban J connectivity index is 2.00. The zero-order chi connectivity index (χ0) is 2.83. The molecule has 1 rings (SSSR count). The zero-order valence-electron chi connectivity index (χ0n) is 2.62. The number of hydrogen-bond donors (Lipinski definition) is 0. The van der Waals surface area contributed by atoms with Gasteiger partial charge < -0.3 is 0 Å². The smallest absolute Gasteiger partial charge is 0.0377 e. The van der Waals surface area contributed by atoms with Crippen LogP contribution in [0.2, 0.25) is 12.1 Å². The molecule has 1 aliphatic rings. The Kier molecular flexibility index (Phi) is 0.545. The van der Waals surface area contributed by atoms with Crippen LogP contribution in [-0.2, 0) is 0 Å². The van der Waals surface area contributed by atoms with Crippen LogP contribution in [0.3, 0.4) is 0 Å². The minimum absolute atomic E-state index is 1.32. The molecular weight excluding hydrogens is 64.1 g/mol. The third kappa shape index (κ3) is 0.185. The van der Waals surface area contributed by atoms with Crippen LogP contribution < -0.4 is 0 Å². The molecule has 0 saturated carbocycles.